The van der Waals surface area contributed by atoms with Gasteiger partial charge in [-0.15, -0.1) is 0 Å². The number of rotatable bonds is 2. The molecule has 10 heavy (non-hydrogen) atoms. The molecule has 0 aromatic heterocycles. The summed E-state index contributed by atoms with van der Waals surface area (Å²) in [6, 6.07) is 1.01. The Balaban J connectivity index is 1.87. The number of nitrogens with zero attached hydrogens (tertiary/aromatic N) is 1. The molecule has 2 heterocycles. The molecule has 0 aromatic rings. The van der Waals surface area contributed by atoms with Crippen LogP contribution >= 0.6 is 0 Å². The summed E-state index contributed by atoms with van der Waals surface area (Å²) in [5, 5.41) is 0. The molecule has 1 heteroatoms. The summed E-state index contributed by atoms with van der Waals surface area (Å²) in [5.74, 6) is 1.07. The minimum atomic E-state index is 1.01. The van der Waals surface area contributed by atoms with Crippen LogP contribution in [0, 0.1) is 5.92 Å². The van der Waals surface area contributed by atoms with Crippen molar-refractivity contribution in [3.63, 3.8) is 0 Å². The van der Waals surface area contributed by atoms with Gasteiger partial charge < -0.3 is 0 Å². The van der Waals surface area contributed by atoms with Gasteiger partial charge >= 0.3 is 0 Å². The first kappa shape index (κ1) is 6.66. The van der Waals surface area contributed by atoms with E-state index in [4.69, 9.17) is 0 Å². The van der Waals surface area contributed by atoms with E-state index >= 15 is 0 Å². The highest BCUT2D eigenvalue weighted by molar-refractivity contribution is 4.93. The SMILES string of the molecule is CCCC1CCN2CCC12. The second-order valence-corrected chi connectivity index (χ2v) is 3.73. The molecule has 2 atom stereocenters. The van der Waals surface area contributed by atoms with E-state index in [1.807, 2.05) is 0 Å². The molecule has 2 unspecified atom stereocenters. The first-order valence-corrected chi connectivity index (χ1v) is 4.66. The minimum absolute atomic E-state index is 1.01. The van der Waals surface area contributed by atoms with Gasteiger partial charge in [0.1, 0.15) is 0 Å². The maximum absolute atomic E-state index is 2.65. The highest BCUT2D eigenvalue weighted by Gasteiger charge is 2.38. The average molecular weight is 139 g/mol. The second-order valence-electron chi connectivity index (χ2n) is 3.73. The molecule has 0 N–H and O–H groups in total. The van der Waals surface area contributed by atoms with Crippen molar-refractivity contribution in [1.29, 1.82) is 0 Å². The molecule has 0 aromatic carbocycles. The molecule has 0 spiro atoms. The molecule has 2 aliphatic heterocycles. The molecule has 2 aliphatic rings. The Hall–Kier alpha value is -0.0400. The fourth-order valence-electron chi connectivity index (χ4n) is 2.50. The van der Waals surface area contributed by atoms with Gasteiger partial charge in [0.15, 0.2) is 0 Å². The van der Waals surface area contributed by atoms with Gasteiger partial charge in [0, 0.05) is 6.04 Å². The predicted molar refractivity (Wildman–Crippen MR) is 43.0 cm³/mol. The van der Waals surface area contributed by atoms with E-state index in [9.17, 15) is 0 Å². The fraction of sp³-hybridized carbons (Fsp3) is 1.00. The van der Waals surface area contributed by atoms with Gasteiger partial charge in [-0.1, -0.05) is 13.3 Å². The maximum atomic E-state index is 2.65. The van der Waals surface area contributed by atoms with Crippen LogP contribution in [-0.4, -0.2) is 24.0 Å². The van der Waals surface area contributed by atoms with Crippen molar-refractivity contribution in [3.05, 3.63) is 0 Å². The zero-order valence-corrected chi connectivity index (χ0v) is 6.84. The Kier molecular flexibility index (Phi) is 1.69. The lowest BCUT2D eigenvalue weighted by Crippen LogP contribution is -2.45. The first-order chi connectivity index (χ1) is 4.92. The van der Waals surface area contributed by atoms with Crippen molar-refractivity contribution < 1.29 is 0 Å². The summed E-state index contributed by atoms with van der Waals surface area (Å²) in [7, 11) is 0. The maximum Gasteiger partial charge on any atom is 0.0136 e. The van der Waals surface area contributed by atoms with Gasteiger partial charge in [-0.2, -0.15) is 0 Å². The Bertz CT molecular complexity index is 120. The lowest BCUT2D eigenvalue weighted by molar-refractivity contribution is 0.111. The van der Waals surface area contributed by atoms with Crippen molar-refractivity contribution in [2.24, 2.45) is 5.92 Å². The van der Waals surface area contributed by atoms with Crippen LogP contribution in [0.4, 0.5) is 0 Å². The van der Waals surface area contributed by atoms with Crippen molar-refractivity contribution in [3.8, 4) is 0 Å². The molecule has 2 rings (SSSR count). The van der Waals surface area contributed by atoms with E-state index in [-0.39, 0.29) is 0 Å². The summed E-state index contributed by atoms with van der Waals surface area (Å²) >= 11 is 0. The van der Waals surface area contributed by atoms with Crippen LogP contribution < -0.4 is 0 Å². The summed E-state index contributed by atoms with van der Waals surface area (Å²) < 4.78 is 0. The molecular weight excluding hydrogens is 122 g/mol. The monoisotopic (exact) mass is 139 g/mol. The van der Waals surface area contributed by atoms with E-state index in [1.165, 1.54) is 38.8 Å². The summed E-state index contributed by atoms with van der Waals surface area (Å²) in [6.07, 6.45) is 5.83. The largest absolute Gasteiger partial charge is 0.300 e. The minimum Gasteiger partial charge on any atom is -0.300 e. The molecule has 1 nitrogen and oxygen atoms in total. The normalized spacial score (nSPS) is 39.3. The van der Waals surface area contributed by atoms with Gasteiger partial charge in [0.25, 0.3) is 0 Å². The Morgan fingerprint density at radius 3 is 2.60 bits per heavy atom. The quantitative estimate of drug-likeness (QED) is 0.564. The summed E-state index contributed by atoms with van der Waals surface area (Å²) in [4.78, 5) is 2.65. The standard InChI is InChI=1S/C9H17N/c1-2-3-8-4-6-10-7-5-9(8)10/h8-9H,2-7H2,1H3. The van der Waals surface area contributed by atoms with E-state index < -0.39 is 0 Å². The van der Waals surface area contributed by atoms with Crippen LogP contribution in [0.2, 0.25) is 0 Å². The van der Waals surface area contributed by atoms with Crippen molar-refractivity contribution in [2.45, 2.75) is 38.6 Å². The molecule has 2 fully saturated rings. The van der Waals surface area contributed by atoms with Crippen LogP contribution in [0.25, 0.3) is 0 Å². The predicted octanol–water partition coefficient (Wildman–Crippen LogP) is 1.88. The third-order valence-electron chi connectivity index (χ3n) is 3.17. The number of hydrogen-bond acceptors (Lipinski definition) is 1. The Labute approximate surface area is 63.4 Å². The topological polar surface area (TPSA) is 3.24 Å². The number of hydrogen-bond donors (Lipinski definition) is 0. The molecule has 0 bridgehead atoms. The lowest BCUT2D eigenvalue weighted by atomic mass is 9.90. The smallest absolute Gasteiger partial charge is 0.0136 e. The van der Waals surface area contributed by atoms with E-state index in [0.717, 1.165) is 12.0 Å². The zero-order chi connectivity index (χ0) is 6.97. The van der Waals surface area contributed by atoms with Crippen LogP contribution in [0.3, 0.4) is 0 Å². The highest BCUT2D eigenvalue weighted by atomic mass is 15.2. The van der Waals surface area contributed by atoms with Crippen molar-refractivity contribution in [2.75, 3.05) is 13.1 Å². The first-order valence-electron chi connectivity index (χ1n) is 4.66. The van der Waals surface area contributed by atoms with Crippen LogP contribution in [0.15, 0.2) is 0 Å². The molecule has 2 saturated heterocycles. The molecule has 0 aliphatic carbocycles. The van der Waals surface area contributed by atoms with E-state index in [0.29, 0.717) is 0 Å². The highest BCUT2D eigenvalue weighted by Crippen LogP contribution is 2.36. The third kappa shape index (κ3) is 0.878. The van der Waals surface area contributed by atoms with Gasteiger partial charge in [0.05, 0.1) is 0 Å². The fourth-order valence-corrected chi connectivity index (χ4v) is 2.50. The average Bonchev–Trinajstić information content (AvgIpc) is 2.08. The molecule has 0 radical (unpaired) electrons. The van der Waals surface area contributed by atoms with Gasteiger partial charge in [-0.05, 0) is 38.3 Å². The van der Waals surface area contributed by atoms with Gasteiger partial charge in [-0.25, -0.2) is 0 Å². The van der Waals surface area contributed by atoms with Gasteiger partial charge in [-0.3, -0.25) is 4.90 Å². The summed E-state index contributed by atoms with van der Waals surface area (Å²) in [6.45, 7) is 5.10. The molecule has 0 saturated carbocycles. The second kappa shape index (κ2) is 2.54. The van der Waals surface area contributed by atoms with Crippen LogP contribution in [0.5, 0.6) is 0 Å². The van der Waals surface area contributed by atoms with Gasteiger partial charge in [0.2, 0.25) is 0 Å². The molecule has 58 valence electrons. The molecule has 0 amide bonds. The van der Waals surface area contributed by atoms with Crippen LogP contribution in [-0.2, 0) is 0 Å². The summed E-state index contributed by atoms with van der Waals surface area (Å²) in [5.41, 5.74) is 0. The molecular formula is C9H17N. The van der Waals surface area contributed by atoms with Crippen molar-refractivity contribution >= 4 is 0 Å². The van der Waals surface area contributed by atoms with Crippen molar-refractivity contribution in [1.82, 2.24) is 4.90 Å². The Morgan fingerprint density at radius 1 is 1.30 bits per heavy atom. The zero-order valence-electron chi connectivity index (χ0n) is 6.84. The van der Waals surface area contributed by atoms with Crippen LogP contribution in [0.1, 0.15) is 32.6 Å². The Morgan fingerprint density at radius 2 is 2.10 bits per heavy atom. The lowest BCUT2D eigenvalue weighted by Gasteiger charge is -2.37. The third-order valence-corrected chi connectivity index (χ3v) is 3.17. The van der Waals surface area contributed by atoms with E-state index in [1.54, 1.807) is 0 Å². The number of fused-ring (bicyclic) bond motifs is 1. The van der Waals surface area contributed by atoms with E-state index in [2.05, 4.69) is 11.8 Å².